The summed E-state index contributed by atoms with van der Waals surface area (Å²) in [6.07, 6.45) is 5.94. The van der Waals surface area contributed by atoms with Crippen LogP contribution in [0.15, 0.2) is 48.7 Å². The molecular weight excluding hydrogens is 488 g/mol. The molecule has 1 aromatic heterocycles. The number of hydrogen-bond acceptors (Lipinski definition) is 4. The number of aliphatic hydroxyl groups is 2. The van der Waals surface area contributed by atoms with Crippen LogP contribution in [0, 0.1) is 24.5 Å². The molecule has 8 heteroatoms. The number of aromatic amines is 1. The number of halogens is 2. The van der Waals surface area contributed by atoms with Crippen LogP contribution in [0.1, 0.15) is 41.9 Å². The second kappa shape index (κ2) is 11.4. The summed E-state index contributed by atoms with van der Waals surface area (Å²) in [4.78, 5) is 19.8. The Bertz CT molecular complexity index is 1300. The lowest BCUT2D eigenvalue weighted by Gasteiger charge is -2.39. The summed E-state index contributed by atoms with van der Waals surface area (Å²) in [5.74, 6) is -1.44. The summed E-state index contributed by atoms with van der Waals surface area (Å²) < 4.78 is 26.7. The number of benzene rings is 2. The highest BCUT2D eigenvalue weighted by molar-refractivity contribution is 5.91. The average molecular weight is 524 g/mol. The molecule has 0 radical (unpaired) electrons. The van der Waals surface area contributed by atoms with Gasteiger partial charge in [-0.3, -0.25) is 9.69 Å². The van der Waals surface area contributed by atoms with Crippen LogP contribution in [0.3, 0.4) is 0 Å². The summed E-state index contributed by atoms with van der Waals surface area (Å²) in [5.41, 5.74) is 3.77. The summed E-state index contributed by atoms with van der Waals surface area (Å²) >= 11 is 0. The molecule has 2 aromatic carbocycles. The normalized spacial score (nSPS) is 22.4. The zero-order valence-corrected chi connectivity index (χ0v) is 21.6. The predicted molar refractivity (Wildman–Crippen MR) is 144 cm³/mol. The number of nitrogens with one attached hydrogen (secondary N) is 1. The lowest BCUT2D eigenvalue weighted by molar-refractivity contribution is -0.128. The maximum Gasteiger partial charge on any atom is 0.246 e. The first kappa shape index (κ1) is 26.5. The van der Waals surface area contributed by atoms with E-state index < -0.39 is 23.8 Å². The van der Waals surface area contributed by atoms with Gasteiger partial charge in [0.05, 0.1) is 12.2 Å². The molecule has 3 aromatic rings. The molecule has 3 heterocycles. The number of hydrogen-bond donors (Lipinski definition) is 3. The highest BCUT2D eigenvalue weighted by atomic mass is 19.1. The summed E-state index contributed by atoms with van der Waals surface area (Å²) in [5, 5.41) is 23.1. The third kappa shape index (κ3) is 5.82. The number of aromatic nitrogens is 1. The summed E-state index contributed by atoms with van der Waals surface area (Å²) in [6, 6.07) is 9.38. The number of carbonyl (C=O) groups excluding carboxylic acids is 1. The fraction of sp³-hybridized carbons (Fsp3) is 0.433. The van der Waals surface area contributed by atoms with Crippen molar-refractivity contribution in [1.29, 1.82) is 0 Å². The van der Waals surface area contributed by atoms with E-state index in [9.17, 15) is 23.8 Å². The smallest absolute Gasteiger partial charge is 0.246 e. The van der Waals surface area contributed by atoms with Crippen molar-refractivity contribution in [2.75, 3.05) is 32.7 Å². The van der Waals surface area contributed by atoms with Gasteiger partial charge < -0.3 is 20.1 Å². The van der Waals surface area contributed by atoms with E-state index in [1.54, 1.807) is 4.90 Å². The highest BCUT2D eigenvalue weighted by Crippen LogP contribution is 2.34. The van der Waals surface area contributed by atoms with E-state index in [4.69, 9.17) is 0 Å². The number of β-amino-alcohol motifs (C(OH)–C–C–N with tert-alkyl or cyclic N) is 2. The van der Waals surface area contributed by atoms with Crippen LogP contribution in [0.2, 0.25) is 0 Å². The van der Waals surface area contributed by atoms with E-state index in [-0.39, 0.29) is 17.7 Å². The Morgan fingerprint density at radius 2 is 1.87 bits per heavy atom. The van der Waals surface area contributed by atoms with Gasteiger partial charge in [-0.2, -0.15) is 0 Å². The van der Waals surface area contributed by atoms with Gasteiger partial charge in [-0.15, -0.1) is 0 Å². The van der Waals surface area contributed by atoms with E-state index in [0.29, 0.717) is 44.6 Å². The molecule has 0 saturated carbocycles. The standard InChI is InChI=1S/C30H35F2N3O3/c1-19-3-2-4-25-26(16-33-30(19)25)24-9-10-34(18-28(24)37)17-27(36)21-7-11-35(12-8-21)29(38)6-5-20-13-22(31)15-23(32)14-20/h2-6,13-16,21,24,27-28,33,36-37H,7-12,17-18H2,1H3/b6-5+/t24-,27-,28+/m0/s1. The molecule has 5 rings (SSSR count). The molecule has 3 N–H and O–H groups in total. The number of rotatable bonds is 6. The van der Waals surface area contributed by atoms with E-state index in [0.717, 1.165) is 30.1 Å². The Labute approximate surface area is 221 Å². The van der Waals surface area contributed by atoms with Gasteiger partial charge in [0, 0.05) is 61.3 Å². The molecule has 2 aliphatic rings. The van der Waals surface area contributed by atoms with Crippen LogP contribution < -0.4 is 0 Å². The maximum absolute atomic E-state index is 13.4. The zero-order chi connectivity index (χ0) is 26.8. The largest absolute Gasteiger partial charge is 0.392 e. The van der Waals surface area contributed by atoms with Gasteiger partial charge in [-0.25, -0.2) is 8.78 Å². The monoisotopic (exact) mass is 523 g/mol. The minimum absolute atomic E-state index is 0.0603. The molecular formula is C30H35F2N3O3. The lowest BCUT2D eigenvalue weighted by Crippen LogP contribution is -2.48. The van der Waals surface area contributed by atoms with Crippen LogP contribution in [0.5, 0.6) is 0 Å². The first-order chi connectivity index (χ1) is 18.3. The van der Waals surface area contributed by atoms with E-state index >= 15 is 0 Å². The van der Waals surface area contributed by atoms with Gasteiger partial charge in [0.2, 0.25) is 5.91 Å². The van der Waals surface area contributed by atoms with Crippen molar-refractivity contribution in [1.82, 2.24) is 14.8 Å². The van der Waals surface area contributed by atoms with E-state index in [1.807, 2.05) is 12.3 Å². The first-order valence-corrected chi connectivity index (χ1v) is 13.4. The Hall–Kier alpha value is -3.07. The second-order valence-corrected chi connectivity index (χ2v) is 10.7. The van der Waals surface area contributed by atoms with Crippen molar-refractivity contribution in [2.24, 2.45) is 5.92 Å². The molecule has 0 bridgehead atoms. The number of nitrogens with zero attached hydrogens (tertiary/aromatic N) is 2. The van der Waals surface area contributed by atoms with E-state index in [2.05, 4.69) is 28.9 Å². The van der Waals surface area contributed by atoms with Crippen molar-refractivity contribution >= 4 is 22.9 Å². The topological polar surface area (TPSA) is 79.8 Å². The molecule has 2 fully saturated rings. The Morgan fingerprint density at radius 1 is 1.13 bits per heavy atom. The van der Waals surface area contributed by atoms with Crippen molar-refractivity contribution in [3.8, 4) is 0 Å². The van der Waals surface area contributed by atoms with Gasteiger partial charge in [0.1, 0.15) is 11.6 Å². The number of piperidine rings is 2. The molecule has 2 aliphatic heterocycles. The van der Waals surface area contributed by atoms with Crippen LogP contribution in [-0.4, -0.2) is 75.8 Å². The van der Waals surface area contributed by atoms with Crippen molar-refractivity contribution in [3.05, 3.63) is 77.0 Å². The molecule has 38 heavy (non-hydrogen) atoms. The Balaban J connectivity index is 1.10. The van der Waals surface area contributed by atoms with Crippen LogP contribution in [0.4, 0.5) is 8.78 Å². The minimum Gasteiger partial charge on any atom is -0.392 e. The fourth-order valence-electron chi connectivity index (χ4n) is 6.02. The lowest BCUT2D eigenvalue weighted by atomic mass is 9.85. The Kier molecular flexibility index (Phi) is 7.93. The average Bonchev–Trinajstić information content (AvgIpc) is 3.32. The number of carbonyl (C=O) groups is 1. The number of aliphatic hydroxyl groups excluding tert-OH is 2. The number of fused-ring (bicyclic) bond motifs is 1. The van der Waals surface area contributed by atoms with Crippen molar-refractivity contribution < 1.29 is 23.8 Å². The third-order valence-corrected chi connectivity index (χ3v) is 8.17. The quantitative estimate of drug-likeness (QED) is 0.423. The molecule has 6 nitrogen and oxygen atoms in total. The SMILES string of the molecule is Cc1cccc2c([C@@H]3CCN(C[C@H](O)C4CCN(C(=O)/C=C/c5cc(F)cc(F)c5)CC4)C[C@H]3O)c[nH]c12. The van der Waals surface area contributed by atoms with Crippen LogP contribution >= 0.6 is 0 Å². The number of H-pyrrole nitrogens is 1. The second-order valence-electron chi connectivity index (χ2n) is 10.7. The highest BCUT2D eigenvalue weighted by Gasteiger charge is 2.33. The summed E-state index contributed by atoms with van der Waals surface area (Å²) in [7, 11) is 0. The molecule has 2 saturated heterocycles. The van der Waals surface area contributed by atoms with Gasteiger partial charge in [-0.1, -0.05) is 18.2 Å². The molecule has 1 amide bonds. The predicted octanol–water partition coefficient (Wildman–Crippen LogP) is 4.22. The van der Waals surface area contributed by atoms with Crippen molar-refractivity contribution in [3.63, 3.8) is 0 Å². The molecule has 0 unspecified atom stereocenters. The maximum atomic E-state index is 13.4. The van der Waals surface area contributed by atoms with Crippen molar-refractivity contribution in [2.45, 2.75) is 44.3 Å². The molecule has 3 atom stereocenters. The van der Waals surface area contributed by atoms with Gasteiger partial charge >= 0.3 is 0 Å². The number of amides is 1. The van der Waals surface area contributed by atoms with Gasteiger partial charge in [-0.05, 0) is 73.5 Å². The summed E-state index contributed by atoms with van der Waals surface area (Å²) in [6.45, 7) is 4.94. The number of likely N-dealkylation sites (tertiary alicyclic amines) is 2. The Morgan fingerprint density at radius 3 is 2.58 bits per heavy atom. The van der Waals surface area contributed by atoms with Crippen LogP contribution in [-0.2, 0) is 4.79 Å². The fourth-order valence-corrected chi connectivity index (χ4v) is 6.02. The zero-order valence-electron chi connectivity index (χ0n) is 21.6. The minimum atomic E-state index is -0.684. The number of aryl methyl sites for hydroxylation is 1. The van der Waals surface area contributed by atoms with E-state index in [1.165, 1.54) is 35.2 Å². The first-order valence-electron chi connectivity index (χ1n) is 13.4. The molecule has 202 valence electrons. The molecule has 0 spiro atoms. The molecule has 0 aliphatic carbocycles. The van der Waals surface area contributed by atoms with Gasteiger partial charge in [0.25, 0.3) is 0 Å². The van der Waals surface area contributed by atoms with Gasteiger partial charge in [0.15, 0.2) is 0 Å². The van der Waals surface area contributed by atoms with Crippen LogP contribution in [0.25, 0.3) is 17.0 Å². The number of para-hydroxylation sites is 1. The third-order valence-electron chi connectivity index (χ3n) is 8.17.